The summed E-state index contributed by atoms with van der Waals surface area (Å²) in [6.45, 7) is 5.89. The predicted molar refractivity (Wildman–Crippen MR) is 96.5 cm³/mol. The first-order valence-corrected chi connectivity index (χ1v) is 12.3. The smallest absolute Gasteiger partial charge is 0.242 e. The molecule has 0 heterocycles. The van der Waals surface area contributed by atoms with E-state index in [-0.39, 0.29) is 17.1 Å². The van der Waals surface area contributed by atoms with Crippen LogP contribution in [0.5, 0.6) is 11.5 Å². The van der Waals surface area contributed by atoms with Crippen LogP contribution in [-0.2, 0) is 9.13 Å². The molecule has 0 bridgehead atoms. The molecule has 0 aromatic heterocycles. The summed E-state index contributed by atoms with van der Waals surface area (Å²) >= 11 is 0. The lowest BCUT2D eigenvalue weighted by Crippen LogP contribution is -2.05. The summed E-state index contributed by atoms with van der Waals surface area (Å²) in [5.74, 6) is 0.210. The van der Waals surface area contributed by atoms with Crippen molar-refractivity contribution in [2.75, 3.05) is 26.7 Å². The Labute approximate surface area is 141 Å². The zero-order chi connectivity index (χ0) is 18.0. The fourth-order valence-electron chi connectivity index (χ4n) is 2.06. The Hall–Kier alpha value is -1.83. The highest BCUT2D eigenvalue weighted by Crippen LogP contribution is 2.44. The third kappa shape index (κ3) is 5.36. The second-order valence-electron chi connectivity index (χ2n) is 6.04. The molecular weight excluding hydrogens is 346 g/mol. The Kier molecular flexibility index (Phi) is 5.37. The Morgan fingerprint density at radius 1 is 0.833 bits per heavy atom. The Morgan fingerprint density at radius 2 is 1.42 bits per heavy atom. The first-order valence-electron chi connectivity index (χ1n) is 7.28. The predicted octanol–water partition coefficient (Wildman–Crippen LogP) is 4.75. The van der Waals surface area contributed by atoms with E-state index in [1.807, 2.05) is 6.07 Å². The fourth-order valence-corrected chi connectivity index (χ4v) is 3.30. The molecule has 5 nitrogen and oxygen atoms in total. The number of rotatable bonds is 6. The Balaban J connectivity index is 2.48. The van der Waals surface area contributed by atoms with E-state index in [0.29, 0.717) is 11.3 Å². The van der Waals surface area contributed by atoms with Crippen molar-refractivity contribution < 1.29 is 23.0 Å². The summed E-state index contributed by atoms with van der Waals surface area (Å²) in [5, 5.41) is 0. The van der Waals surface area contributed by atoms with E-state index < -0.39 is 14.7 Å². The van der Waals surface area contributed by atoms with Gasteiger partial charge in [0.25, 0.3) is 0 Å². The van der Waals surface area contributed by atoms with Crippen LogP contribution in [0.25, 0.3) is 0 Å². The first kappa shape index (κ1) is 18.5. The fraction of sp³-hybridized carbons (Fsp3) is 0.235. The molecule has 0 radical (unpaired) electrons. The van der Waals surface area contributed by atoms with Crippen molar-refractivity contribution in [3.8, 4) is 11.5 Å². The molecular formula is C17H20O5P2. The molecule has 0 spiro atoms. The van der Waals surface area contributed by atoms with Crippen LogP contribution in [0.1, 0.15) is 15.9 Å². The van der Waals surface area contributed by atoms with Gasteiger partial charge in [0.05, 0.1) is 5.56 Å². The van der Waals surface area contributed by atoms with Gasteiger partial charge in [0.15, 0.2) is 5.78 Å². The molecule has 24 heavy (non-hydrogen) atoms. The van der Waals surface area contributed by atoms with Gasteiger partial charge in [-0.1, -0.05) is 30.3 Å². The molecule has 2 rings (SSSR count). The van der Waals surface area contributed by atoms with Crippen LogP contribution in [0.15, 0.2) is 48.5 Å². The standard InChI is InChI=1S/C17H20O5P2/c1-23(2,19)21-14-10-11-15(16(12-14)22-24(3,4)20)17(18)13-8-6-5-7-9-13/h5-12H,1-4H3. The monoisotopic (exact) mass is 366 g/mol. The van der Waals surface area contributed by atoms with Crippen molar-refractivity contribution >= 4 is 20.5 Å². The minimum absolute atomic E-state index is 0.156. The van der Waals surface area contributed by atoms with E-state index >= 15 is 0 Å². The van der Waals surface area contributed by atoms with Crippen LogP contribution in [0.4, 0.5) is 0 Å². The number of carbonyl (C=O) groups excluding carboxylic acids is 1. The second-order valence-corrected chi connectivity index (χ2v) is 11.4. The van der Waals surface area contributed by atoms with Crippen molar-refractivity contribution in [3.63, 3.8) is 0 Å². The van der Waals surface area contributed by atoms with Crippen LogP contribution in [0.3, 0.4) is 0 Å². The van der Waals surface area contributed by atoms with Gasteiger partial charge >= 0.3 is 0 Å². The maximum Gasteiger partial charge on any atom is 0.242 e. The largest absolute Gasteiger partial charge is 0.443 e. The molecule has 7 heteroatoms. The molecule has 0 aliphatic carbocycles. The van der Waals surface area contributed by atoms with Crippen molar-refractivity contribution in [1.29, 1.82) is 0 Å². The zero-order valence-electron chi connectivity index (χ0n) is 14.1. The van der Waals surface area contributed by atoms with E-state index in [1.54, 1.807) is 30.3 Å². The lowest BCUT2D eigenvalue weighted by Gasteiger charge is -2.16. The molecule has 0 unspecified atom stereocenters. The summed E-state index contributed by atoms with van der Waals surface area (Å²) in [4.78, 5) is 12.7. The first-order chi connectivity index (χ1) is 11.1. The molecule has 2 aromatic carbocycles. The molecule has 128 valence electrons. The van der Waals surface area contributed by atoms with E-state index in [9.17, 15) is 13.9 Å². The molecule has 0 atom stereocenters. The van der Waals surface area contributed by atoms with Crippen LogP contribution in [0.2, 0.25) is 0 Å². The van der Waals surface area contributed by atoms with Gasteiger partial charge in [0.1, 0.15) is 11.5 Å². The normalized spacial score (nSPS) is 11.8. The lowest BCUT2D eigenvalue weighted by molar-refractivity contribution is 0.103. The van der Waals surface area contributed by atoms with E-state index in [0.717, 1.165) is 0 Å². The third-order valence-corrected chi connectivity index (χ3v) is 4.16. The molecule has 0 aliphatic heterocycles. The van der Waals surface area contributed by atoms with Crippen LogP contribution >= 0.6 is 14.7 Å². The highest BCUT2D eigenvalue weighted by molar-refractivity contribution is 7.58. The van der Waals surface area contributed by atoms with E-state index in [4.69, 9.17) is 9.05 Å². The molecule has 2 aromatic rings. The summed E-state index contributed by atoms with van der Waals surface area (Å²) in [7, 11) is -5.66. The molecule has 0 aliphatic rings. The minimum Gasteiger partial charge on any atom is -0.443 e. The molecule has 0 amide bonds. The molecule has 0 fully saturated rings. The Morgan fingerprint density at radius 3 is 1.96 bits per heavy atom. The van der Waals surface area contributed by atoms with Crippen LogP contribution < -0.4 is 9.05 Å². The third-order valence-electron chi connectivity index (χ3n) is 2.88. The number of hydrogen-bond donors (Lipinski definition) is 0. The van der Waals surface area contributed by atoms with E-state index in [1.165, 1.54) is 38.8 Å². The lowest BCUT2D eigenvalue weighted by atomic mass is 10.0. The van der Waals surface area contributed by atoms with Crippen molar-refractivity contribution in [1.82, 2.24) is 0 Å². The van der Waals surface area contributed by atoms with Gasteiger partial charge in [-0.2, -0.15) is 0 Å². The van der Waals surface area contributed by atoms with Gasteiger partial charge in [-0.25, -0.2) is 0 Å². The molecule has 0 saturated carbocycles. The van der Waals surface area contributed by atoms with Gasteiger partial charge in [0, 0.05) is 38.3 Å². The summed E-state index contributed by atoms with van der Waals surface area (Å²) in [6.07, 6.45) is 0. The maximum atomic E-state index is 12.7. The average Bonchev–Trinajstić information content (AvgIpc) is 2.44. The quantitative estimate of drug-likeness (QED) is 0.545. The van der Waals surface area contributed by atoms with Gasteiger partial charge < -0.3 is 9.05 Å². The highest BCUT2D eigenvalue weighted by Gasteiger charge is 2.20. The second kappa shape index (κ2) is 6.96. The van der Waals surface area contributed by atoms with E-state index in [2.05, 4.69) is 0 Å². The van der Waals surface area contributed by atoms with Crippen LogP contribution in [-0.4, -0.2) is 32.4 Å². The van der Waals surface area contributed by atoms with Crippen molar-refractivity contribution in [2.45, 2.75) is 0 Å². The molecule has 0 saturated heterocycles. The zero-order valence-corrected chi connectivity index (χ0v) is 15.8. The maximum absolute atomic E-state index is 12.7. The topological polar surface area (TPSA) is 69.7 Å². The summed E-state index contributed by atoms with van der Waals surface area (Å²) in [6, 6.07) is 13.3. The van der Waals surface area contributed by atoms with Crippen molar-refractivity contribution in [3.05, 3.63) is 59.7 Å². The number of benzene rings is 2. The summed E-state index contributed by atoms with van der Waals surface area (Å²) in [5.41, 5.74) is 0.772. The summed E-state index contributed by atoms with van der Waals surface area (Å²) < 4.78 is 34.8. The molecule has 0 N–H and O–H groups in total. The number of hydrogen-bond acceptors (Lipinski definition) is 5. The SMILES string of the molecule is CP(C)(=O)Oc1ccc(C(=O)c2ccccc2)c(OP(C)(C)=O)c1. The average molecular weight is 366 g/mol. The Bertz CT molecular complexity index is 833. The van der Waals surface area contributed by atoms with Gasteiger partial charge in [0.2, 0.25) is 14.7 Å². The van der Waals surface area contributed by atoms with Crippen LogP contribution in [0, 0.1) is 0 Å². The highest BCUT2D eigenvalue weighted by atomic mass is 31.2. The van der Waals surface area contributed by atoms with Gasteiger partial charge in [-0.3, -0.25) is 13.9 Å². The number of carbonyl (C=O) groups is 1. The number of ketones is 1. The van der Waals surface area contributed by atoms with Gasteiger partial charge in [-0.05, 0) is 12.1 Å². The van der Waals surface area contributed by atoms with Gasteiger partial charge in [-0.15, -0.1) is 0 Å². The minimum atomic E-state index is -2.89. The van der Waals surface area contributed by atoms with Crippen molar-refractivity contribution in [2.24, 2.45) is 0 Å².